The van der Waals surface area contributed by atoms with Gasteiger partial charge in [-0.2, -0.15) is 12.6 Å². The number of benzene rings is 2. The Kier molecular flexibility index (Phi) is 11.3. The maximum atomic E-state index is 13.1. The maximum absolute atomic E-state index is 13.1. The second kappa shape index (κ2) is 13.9. The van der Waals surface area contributed by atoms with E-state index >= 15 is 0 Å². The van der Waals surface area contributed by atoms with Crippen molar-refractivity contribution in [3.8, 4) is 11.1 Å². The van der Waals surface area contributed by atoms with E-state index in [1.165, 1.54) is 0 Å². The molecule has 33 heavy (non-hydrogen) atoms. The Hall–Kier alpha value is -2.51. The van der Waals surface area contributed by atoms with Gasteiger partial charge in [0.2, 0.25) is 0 Å². The summed E-state index contributed by atoms with van der Waals surface area (Å²) < 4.78 is 0. The second-order valence-corrected chi connectivity index (χ2v) is 9.19. The van der Waals surface area contributed by atoms with Crippen LogP contribution in [0.2, 0.25) is 0 Å². The fourth-order valence-electron chi connectivity index (χ4n) is 3.43. The molecule has 0 aliphatic carbocycles. The number of rotatable bonds is 14. The minimum Gasteiger partial charge on any atom is -0.480 e. The highest BCUT2D eigenvalue weighted by molar-refractivity contribution is 7.80. The van der Waals surface area contributed by atoms with Crippen LogP contribution in [0.15, 0.2) is 42.5 Å². The molecule has 0 fully saturated rings. The molecule has 2 aromatic carbocycles. The molecule has 0 saturated carbocycles. The van der Waals surface area contributed by atoms with Crippen molar-refractivity contribution in [1.29, 1.82) is 0 Å². The van der Waals surface area contributed by atoms with E-state index in [9.17, 15) is 14.7 Å². The molecular formula is C26H37N3O3S. The van der Waals surface area contributed by atoms with Crippen LogP contribution in [0.1, 0.15) is 55.5 Å². The van der Waals surface area contributed by atoms with Gasteiger partial charge >= 0.3 is 5.97 Å². The predicted molar refractivity (Wildman–Crippen MR) is 139 cm³/mol. The highest BCUT2D eigenvalue weighted by Crippen LogP contribution is 2.28. The second-order valence-electron chi connectivity index (χ2n) is 8.75. The molecule has 2 rings (SSSR count). The van der Waals surface area contributed by atoms with E-state index in [2.05, 4.69) is 28.6 Å². The van der Waals surface area contributed by atoms with Crippen molar-refractivity contribution < 1.29 is 14.7 Å². The van der Waals surface area contributed by atoms with E-state index in [-0.39, 0.29) is 5.91 Å². The lowest BCUT2D eigenvalue weighted by molar-refractivity contribution is -0.139. The van der Waals surface area contributed by atoms with Crippen molar-refractivity contribution in [2.24, 2.45) is 5.92 Å². The predicted octanol–water partition coefficient (Wildman–Crippen LogP) is 4.95. The van der Waals surface area contributed by atoms with Gasteiger partial charge < -0.3 is 21.1 Å². The summed E-state index contributed by atoms with van der Waals surface area (Å²) in [5, 5.41) is 19.0. The van der Waals surface area contributed by atoms with Crippen LogP contribution in [0.4, 0.5) is 5.69 Å². The fraction of sp³-hybridized carbons (Fsp3) is 0.462. The number of carbonyl (C=O) groups is 2. The van der Waals surface area contributed by atoms with Crippen LogP contribution >= 0.6 is 12.6 Å². The number of amides is 1. The molecule has 0 aliphatic heterocycles. The molecule has 180 valence electrons. The largest absolute Gasteiger partial charge is 0.480 e. The first-order valence-electron chi connectivity index (χ1n) is 11.6. The van der Waals surface area contributed by atoms with Gasteiger partial charge in [-0.25, -0.2) is 4.79 Å². The van der Waals surface area contributed by atoms with Crippen LogP contribution in [0.5, 0.6) is 0 Å². The molecule has 0 spiro atoms. The van der Waals surface area contributed by atoms with Gasteiger partial charge in [0.25, 0.3) is 5.91 Å². The third-order valence-electron chi connectivity index (χ3n) is 5.44. The van der Waals surface area contributed by atoms with E-state index < -0.39 is 12.0 Å². The zero-order valence-electron chi connectivity index (χ0n) is 19.9. The molecule has 1 atom stereocenters. The molecule has 7 heteroatoms. The lowest BCUT2D eigenvalue weighted by Crippen LogP contribution is -2.41. The SMILES string of the molecule is Cc1ccc(-c2cc(NCNCCCCS)ccc2C(=O)N[C@@H](CCC(C)C)C(=O)O)cc1. The number of carboxylic acid groups (broad SMARTS) is 1. The van der Waals surface area contributed by atoms with Crippen molar-refractivity contribution in [3.63, 3.8) is 0 Å². The highest BCUT2D eigenvalue weighted by atomic mass is 32.1. The molecule has 0 heterocycles. The maximum Gasteiger partial charge on any atom is 0.326 e. The molecule has 4 N–H and O–H groups in total. The fourth-order valence-corrected chi connectivity index (χ4v) is 3.66. The Balaban J connectivity index is 2.22. The first-order valence-corrected chi connectivity index (χ1v) is 12.2. The zero-order chi connectivity index (χ0) is 24.2. The molecule has 1 amide bonds. The van der Waals surface area contributed by atoms with E-state index in [1.807, 2.05) is 57.2 Å². The third-order valence-corrected chi connectivity index (χ3v) is 5.76. The lowest BCUT2D eigenvalue weighted by Gasteiger charge is -2.18. The van der Waals surface area contributed by atoms with Gasteiger partial charge in [-0.15, -0.1) is 0 Å². The number of hydrogen-bond acceptors (Lipinski definition) is 5. The number of thiol groups is 1. The molecule has 0 aliphatic rings. The molecular weight excluding hydrogens is 434 g/mol. The van der Waals surface area contributed by atoms with Crippen molar-refractivity contribution in [2.45, 2.75) is 52.5 Å². The van der Waals surface area contributed by atoms with Gasteiger partial charge in [-0.1, -0.05) is 43.7 Å². The monoisotopic (exact) mass is 471 g/mol. The van der Waals surface area contributed by atoms with Crippen molar-refractivity contribution in [1.82, 2.24) is 10.6 Å². The van der Waals surface area contributed by atoms with E-state index in [0.717, 1.165) is 53.9 Å². The smallest absolute Gasteiger partial charge is 0.326 e. The van der Waals surface area contributed by atoms with E-state index in [1.54, 1.807) is 6.07 Å². The molecule has 0 radical (unpaired) electrons. The van der Waals surface area contributed by atoms with Crippen LogP contribution < -0.4 is 16.0 Å². The Bertz CT molecular complexity index is 900. The first-order chi connectivity index (χ1) is 15.8. The Morgan fingerprint density at radius 2 is 1.76 bits per heavy atom. The van der Waals surface area contributed by atoms with Crippen LogP contribution in [0.25, 0.3) is 11.1 Å². The molecule has 0 aromatic heterocycles. The summed E-state index contributed by atoms with van der Waals surface area (Å²) in [6.45, 7) is 7.61. The van der Waals surface area contributed by atoms with Gasteiger partial charge in [0, 0.05) is 11.3 Å². The van der Waals surface area contributed by atoms with Crippen LogP contribution in [0.3, 0.4) is 0 Å². The Morgan fingerprint density at radius 3 is 2.39 bits per heavy atom. The number of carboxylic acids is 1. The number of hydrogen-bond donors (Lipinski definition) is 5. The third kappa shape index (κ3) is 9.10. The quantitative estimate of drug-likeness (QED) is 0.153. The van der Waals surface area contributed by atoms with Gasteiger partial charge in [0.15, 0.2) is 0 Å². The number of aryl methyl sites for hydroxylation is 1. The van der Waals surface area contributed by atoms with E-state index in [4.69, 9.17) is 0 Å². The standard InChI is InChI=1S/C26H37N3O3S/c1-18(2)6-13-24(26(31)32)29-25(30)22-12-11-21(28-17-27-14-4-5-15-33)16-23(22)20-9-7-19(3)8-10-20/h7-12,16,18,24,27-28,33H,4-6,13-15,17H2,1-3H3,(H,29,30)(H,31,32)/t24-/m0/s1. The van der Waals surface area contributed by atoms with Crippen LogP contribution in [0, 0.1) is 12.8 Å². The highest BCUT2D eigenvalue weighted by Gasteiger charge is 2.22. The number of aliphatic carboxylic acids is 1. The summed E-state index contributed by atoms with van der Waals surface area (Å²) in [5.41, 5.74) is 4.15. The van der Waals surface area contributed by atoms with Crippen molar-refractivity contribution >= 4 is 30.2 Å². The van der Waals surface area contributed by atoms with Crippen LogP contribution in [-0.2, 0) is 4.79 Å². The van der Waals surface area contributed by atoms with E-state index in [0.29, 0.717) is 24.6 Å². The summed E-state index contributed by atoms with van der Waals surface area (Å²) in [6.07, 6.45) is 3.27. The number of carbonyl (C=O) groups excluding carboxylic acids is 1. The summed E-state index contributed by atoms with van der Waals surface area (Å²) in [7, 11) is 0. The number of nitrogens with one attached hydrogen (secondary N) is 3. The molecule has 0 saturated heterocycles. The Labute approximate surface area is 203 Å². The average molecular weight is 472 g/mol. The summed E-state index contributed by atoms with van der Waals surface area (Å²) >= 11 is 4.22. The summed E-state index contributed by atoms with van der Waals surface area (Å²) in [4.78, 5) is 24.8. The minimum atomic E-state index is -1.01. The van der Waals surface area contributed by atoms with Gasteiger partial charge in [-0.05, 0) is 80.1 Å². The molecule has 0 bridgehead atoms. The topological polar surface area (TPSA) is 90.5 Å². The molecule has 2 aromatic rings. The first kappa shape index (κ1) is 26.7. The van der Waals surface area contributed by atoms with Gasteiger partial charge in [0.1, 0.15) is 6.04 Å². The van der Waals surface area contributed by atoms with Crippen molar-refractivity contribution in [3.05, 3.63) is 53.6 Å². The summed E-state index contributed by atoms with van der Waals surface area (Å²) in [5.74, 6) is -0.135. The van der Waals surface area contributed by atoms with Gasteiger partial charge in [-0.3, -0.25) is 4.79 Å². The lowest BCUT2D eigenvalue weighted by atomic mass is 9.96. The number of anilines is 1. The molecule has 6 nitrogen and oxygen atoms in total. The molecule has 0 unspecified atom stereocenters. The van der Waals surface area contributed by atoms with Gasteiger partial charge in [0.05, 0.1) is 6.67 Å². The van der Waals surface area contributed by atoms with Crippen molar-refractivity contribution in [2.75, 3.05) is 24.3 Å². The normalized spacial score (nSPS) is 11.9. The van der Waals surface area contributed by atoms with Crippen LogP contribution in [-0.4, -0.2) is 42.0 Å². The number of unbranched alkanes of at least 4 members (excludes halogenated alkanes) is 1. The summed E-state index contributed by atoms with van der Waals surface area (Å²) in [6, 6.07) is 12.6. The zero-order valence-corrected chi connectivity index (χ0v) is 20.8. The average Bonchev–Trinajstić information content (AvgIpc) is 2.79. The Morgan fingerprint density at radius 1 is 1.03 bits per heavy atom. The minimum absolute atomic E-state index is 0.365.